The van der Waals surface area contributed by atoms with Crippen molar-refractivity contribution in [1.82, 2.24) is 0 Å². The van der Waals surface area contributed by atoms with Crippen LogP contribution in [0.2, 0.25) is 0 Å². The Hall–Kier alpha value is -0.740. The van der Waals surface area contributed by atoms with Crippen LogP contribution >= 0.6 is 15.9 Å². The second-order valence-electron chi connectivity index (χ2n) is 2.83. The first-order valence-corrected chi connectivity index (χ1v) is 5.89. The molecule has 0 spiro atoms. The van der Waals surface area contributed by atoms with Gasteiger partial charge in [-0.25, -0.2) is 0 Å². The topological polar surface area (TPSA) is 27.7 Å². The molecule has 0 atom stereocenters. The van der Waals surface area contributed by atoms with Crippen LogP contribution in [0.5, 0.6) is 11.5 Å². The van der Waals surface area contributed by atoms with Gasteiger partial charge in [-0.15, -0.1) is 0 Å². The molecule has 0 unspecified atom stereocenters. The summed E-state index contributed by atoms with van der Waals surface area (Å²) in [5, 5.41) is 0.857. The van der Waals surface area contributed by atoms with Crippen molar-refractivity contribution in [3.63, 3.8) is 0 Å². The Balaban J connectivity index is 2.20. The first-order valence-electron chi connectivity index (χ1n) is 4.77. The predicted octanol–water partition coefficient (Wildman–Crippen LogP) is 2.49. The summed E-state index contributed by atoms with van der Waals surface area (Å²) in [5.74, 6) is 1.66. The molecular weight excluding hydrogens is 260 g/mol. The van der Waals surface area contributed by atoms with Crippen molar-refractivity contribution >= 4 is 15.9 Å². The highest BCUT2D eigenvalue weighted by atomic mass is 79.9. The van der Waals surface area contributed by atoms with Gasteiger partial charge in [-0.3, -0.25) is 0 Å². The molecule has 0 heterocycles. The molecule has 0 saturated carbocycles. The largest absolute Gasteiger partial charge is 0.497 e. The van der Waals surface area contributed by atoms with Crippen LogP contribution in [0.1, 0.15) is 0 Å². The molecule has 4 heteroatoms. The average Bonchev–Trinajstić information content (AvgIpc) is 2.30. The molecule has 0 saturated heterocycles. The van der Waals surface area contributed by atoms with Gasteiger partial charge in [-0.2, -0.15) is 0 Å². The molecule has 0 fully saturated rings. The van der Waals surface area contributed by atoms with Gasteiger partial charge in [0.15, 0.2) is 0 Å². The lowest BCUT2D eigenvalue weighted by Gasteiger charge is -2.06. The standard InChI is InChI=1S/C11H15BrO3/c1-13-10-2-4-11(5-3-10)15-9-8-14-7-6-12/h2-5H,6-9H2,1H3. The fourth-order valence-electron chi connectivity index (χ4n) is 1.05. The van der Waals surface area contributed by atoms with Crippen LogP contribution in [-0.4, -0.2) is 32.3 Å². The summed E-state index contributed by atoms with van der Waals surface area (Å²) in [7, 11) is 1.64. The number of alkyl halides is 1. The van der Waals surface area contributed by atoms with E-state index < -0.39 is 0 Å². The molecule has 0 aliphatic carbocycles. The summed E-state index contributed by atoms with van der Waals surface area (Å²) < 4.78 is 15.8. The highest BCUT2D eigenvalue weighted by molar-refractivity contribution is 9.09. The zero-order chi connectivity index (χ0) is 10.9. The lowest BCUT2D eigenvalue weighted by atomic mass is 10.3. The second-order valence-corrected chi connectivity index (χ2v) is 3.62. The monoisotopic (exact) mass is 274 g/mol. The van der Waals surface area contributed by atoms with Crippen LogP contribution in [0.4, 0.5) is 0 Å². The van der Waals surface area contributed by atoms with Gasteiger partial charge in [0.2, 0.25) is 0 Å². The fourth-order valence-corrected chi connectivity index (χ4v) is 1.28. The van der Waals surface area contributed by atoms with E-state index in [1.54, 1.807) is 7.11 Å². The Morgan fingerprint density at radius 1 is 1.00 bits per heavy atom. The minimum Gasteiger partial charge on any atom is -0.497 e. The quantitative estimate of drug-likeness (QED) is 0.565. The number of benzene rings is 1. The maximum atomic E-state index is 5.46. The van der Waals surface area contributed by atoms with E-state index in [-0.39, 0.29) is 0 Å². The van der Waals surface area contributed by atoms with E-state index in [0.717, 1.165) is 16.8 Å². The van der Waals surface area contributed by atoms with Crippen molar-refractivity contribution < 1.29 is 14.2 Å². The minimum atomic E-state index is 0.569. The van der Waals surface area contributed by atoms with Gasteiger partial charge in [0.25, 0.3) is 0 Å². The zero-order valence-corrected chi connectivity index (χ0v) is 10.3. The number of methoxy groups -OCH3 is 1. The number of ether oxygens (including phenoxy) is 3. The van der Waals surface area contributed by atoms with Gasteiger partial charge in [-0.05, 0) is 24.3 Å². The number of rotatable bonds is 7. The van der Waals surface area contributed by atoms with Crippen molar-refractivity contribution in [2.45, 2.75) is 0 Å². The molecule has 0 aliphatic heterocycles. The lowest BCUT2D eigenvalue weighted by Crippen LogP contribution is -2.07. The highest BCUT2D eigenvalue weighted by Gasteiger charge is 1.94. The Bertz CT molecular complexity index is 261. The minimum absolute atomic E-state index is 0.569. The van der Waals surface area contributed by atoms with Crippen molar-refractivity contribution in [2.75, 3.05) is 32.3 Å². The summed E-state index contributed by atoms with van der Waals surface area (Å²) in [4.78, 5) is 0. The van der Waals surface area contributed by atoms with E-state index >= 15 is 0 Å². The highest BCUT2D eigenvalue weighted by Crippen LogP contribution is 2.16. The molecule has 0 aromatic heterocycles. The van der Waals surface area contributed by atoms with Gasteiger partial charge >= 0.3 is 0 Å². The van der Waals surface area contributed by atoms with Crippen LogP contribution in [0.25, 0.3) is 0 Å². The third-order valence-electron chi connectivity index (χ3n) is 1.78. The summed E-state index contributed by atoms with van der Waals surface area (Å²) in [6, 6.07) is 7.50. The maximum Gasteiger partial charge on any atom is 0.119 e. The Kier molecular flexibility index (Phi) is 6.20. The van der Waals surface area contributed by atoms with Crippen molar-refractivity contribution in [2.24, 2.45) is 0 Å². The molecule has 0 aliphatic rings. The summed E-state index contributed by atoms with van der Waals surface area (Å²) >= 11 is 3.28. The first-order chi connectivity index (χ1) is 7.36. The van der Waals surface area contributed by atoms with E-state index in [0.29, 0.717) is 19.8 Å². The van der Waals surface area contributed by atoms with E-state index in [1.165, 1.54) is 0 Å². The molecule has 0 N–H and O–H groups in total. The molecule has 3 nitrogen and oxygen atoms in total. The van der Waals surface area contributed by atoms with E-state index in [2.05, 4.69) is 15.9 Å². The Morgan fingerprint density at radius 3 is 2.27 bits per heavy atom. The molecule has 0 radical (unpaired) electrons. The predicted molar refractivity (Wildman–Crippen MR) is 63.1 cm³/mol. The van der Waals surface area contributed by atoms with Crippen molar-refractivity contribution in [1.29, 1.82) is 0 Å². The third-order valence-corrected chi connectivity index (χ3v) is 2.10. The molecule has 84 valence electrons. The van der Waals surface area contributed by atoms with Crippen LogP contribution < -0.4 is 9.47 Å². The van der Waals surface area contributed by atoms with Crippen LogP contribution in [0, 0.1) is 0 Å². The van der Waals surface area contributed by atoms with Crippen LogP contribution in [0.3, 0.4) is 0 Å². The van der Waals surface area contributed by atoms with Crippen LogP contribution in [-0.2, 0) is 4.74 Å². The van der Waals surface area contributed by atoms with Gasteiger partial charge in [0, 0.05) is 5.33 Å². The normalized spacial score (nSPS) is 10.0. The number of halogens is 1. The fraction of sp³-hybridized carbons (Fsp3) is 0.455. The Morgan fingerprint density at radius 2 is 1.67 bits per heavy atom. The molecule has 15 heavy (non-hydrogen) atoms. The van der Waals surface area contributed by atoms with Gasteiger partial charge in [-0.1, -0.05) is 15.9 Å². The Labute approximate surface area is 98.5 Å². The number of hydrogen-bond donors (Lipinski definition) is 0. The molecular formula is C11H15BrO3. The molecule has 1 rings (SSSR count). The summed E-state index contributed by atoms with van der Waals surface area (Å²) in [6.45, 7) is 1.89. The second kappa shape index (κ2) is 7.54. The molecule has 0 bridgehead atoms. The maximum absolute atomic E-state index is 5.46. The van der Waals surface area contributed by atoms with Crippen molar-refractivity contribution in [3.8, 4) is 11.5 Å². The third kappa shape index (κ3) is 5.04. The molecule has 1 aromatic rings. The summed E-state index contributed by atoms with van der Waals surface area (Å²) in [5.41, 5.74) is 0. The molecule has 0 amide bonds. The van der Waals surface area contributed by atoms with Crippen molar-refractivity contribution in [3.05, 3.63) is 24.3 Å². The van der Waals surface area contributed by atoms with Gasteiger partial charge in [0.05, 0.1) is 20.3 Å². The van der Waals surface area contributed by atoms with E-state index in [1.807, 2.05) is 24.3 Å². The van der Waals surface area contributed by atoms with E-state index in [4.69, 9.17) is 14.2 Å². The zero-order valence-electron chi connectivity index (χ0n) is 8.74. The molecule has 1 aromatic carbocycles. The number of hydrogen-bond acceptors (Lipinski definition) is 3. The smallest absolute Gasteiger partial charge is 0.119 e. The lowest BCUT2D eigenvalue weighted by molar-refractivity contribution is 0.112. The SMILES string of the molecule is COc1ccc(OCCOCCBr)cc1. The average molecular weight is 275 g/mol. The first kappa shape index (κ1) is 12.3. The van der Waals surface area contributed by atoms with Gasteiger partial charge < -0.3 is 14.2 Å². The van der Waals surface area contributed by atoms with Crippen LogP contribution in [0.15, 0.2) is 24.3 Å². The summed E-state index contributed by atoms with van der Waals surface area (Å²) in [6.07, 6.45) is 0. The van der Waals surface area contributed by atoms with E-state index in [9.17, 15) is 0 Å². The van der Waals surface area contributed by atoms with Gasteiger partial charge in [0.1, 0.15) is 18.1 Å².